The Labute approximate surface area is 119 Å². The zero-order valence-corrected chi connectivity index (χ0v) is 13.0. The van der Waals surface area contributed by atoms with E-state index < -0.39 is 0 Å². The molecule has 0 amide bonds. The second-order valence-corrected chi connectivity index (χ2v) is 6.83. The molecule has 0 spiro atoms. The van der Waals surface area contributed by atoms with Gasteiger partial charge in [-0.25, -0.2) is 0 Å². The molecule has 1 N–H and O–H groups in total. The van der Waals surface area contributed by atoms with E-state index in [4.69, 9.17) is 4.74 Å². The summed E-state index contributed by atoms with van der Waals surface area (Å²) in [6, 6.07) is 1.41. The molecular formula is C16H32N2O. The largest absolute Gasteiger partial charge is 0.381 e. The molecule has 2 aliphatic rings. The number of likely N-dealkylation sites (tertiary alicyclic amines) is 1. The molecule has 2 aliphatic heterocycles. The molecule has 3 nitrogen and oxygen atoms in total. The molecule has 2 atom stereocenters. The molecular weight excluding hydrogens is 236 g/mol. The molecule has 0 aromatic carbocycles. The van der Waals surface area contributed by atoms with Gasteiger partial charge >= 0.3 is 0 Å². The summed E-state index contributed by atoms with van der Waals surface area (Å²) in [4.78, 5) is 2.69. The maximum atomic E-state index is 5.45. The first-order chi connectivity index (χ1) is 9.16. The summed E-state index contributed by atoms with van der Waals surface area (Å²) in [5, 5.41) is 3.80. The first kappa shape index (κ1) is 15.3. The minimum atomic E-state index is 0.644. The van der Waals surface area contributed by atoms with E-state index in [9.17, 15) is 0 Å². The molecule has 3 heteroatoms. The van der Waals surface area contributed by atoms with Crippen LogP contribution in [0.4, 0.5) is 0 Å². The number of hydrogen-bond donors (Lipinski definition) is 1. The maximum Gasteiger partial charge on any atom is 0.0469 e. The van der Waals surface area contributed by atoms with E-state index in [0.29, 0.717) is 6.04 Å². The Bertz CT molecular complexity index is 251. The van der Waals surface area contributed by atoms with Gasteiger partial charge in [-0.1, -0.05) is 13.8 Å². The van der Waals surface area contributed by atoms with Crippen molar-refractivity contribution in [1.29, 1.82) is 0 Å². The van der Waals surface area contributed by atoms with Crippen molar-refractivity contribution in [3.05, 3.63) is 0 Å². The van der Waals surface area contributed by atoms with Crippen LogP contribution in [-0.2, 0) is 4.74 Å². The van der Waals surface area contributed by atoms with Gasteiger partial charge < -0.3 is 10.1 Å². The summed E-state index contributed by atoms with van der Waals surface area (Å²) in [5.41, 5.74) is 0. The van der Waals surface area contributed by atoms with Crippen molar-refractivity contribution in [3.63, 3.8) is 0 Å². The summed E-state index contributed by atoms with van der Waals surface area (Å²) in [7, 11) is 0. The highest BCUT2D eigenvalue weighted by Crippen LogP contribution is 2.21. The summed E-state index contributed by atoms with van der Waals surface area (Å²) in [6.07, 6.45) is 5.22. The van der Waals surface area contributed by atoms with Crippen LogP contribution in [0, 0.1) is 11.8 Å². The Morgan fingerprint density at radius 1 is 1.16 bits per heavy atom. The van der Waals surface area contributed by atoms with E-state index in [1.54, 1.807) is 0 Å². The lowest BCUT2D eigenvalue weighted by Crippen LogP contribution is -2.45. The third-order valence-electron chi connectivity index (χ3n) is 4.75. The Morgan fingerprint density at radius 2 is 1.89 bits per heavy atom. The fraction of sp³-hybridized carbons (Fsp3) is 1.00. The van der Waals surface area contributed by atoms with Crippen molar-refractivity contribution in [2.75, 3.05) is 32.8 Å². The van der Waals surface area contributed by atoms with E-state index in [0.717, 1.165) is 31.1 Å². The Balaban J connectivity index is 1.71. The maximum absolute atomic E-state index is 5.45. The number of rotatable bonds is 6. The lowest BCUT2D eigenvalue weighted by Gasteiger charge is -2.31. The normalized spacial score (nSPS) is 28.1. The SMILES string of the molecule is CC(C)CN1CCC[C@H]1CN[C@H](C)C1CCOCC1. The van der Waals surface area contributed by atoms with Gasteiger partial charge in [0.1, 0.15) is 0 Å². The van der Waals surface area contributed by atoms with Crippen LogP contribution >= 0.6 is 0 Å². The standard InChI is InChI=1S/C16H32N2O/c1-13(2)12-18-8-4-5-16(18)11-17-14(3)15-6-9-19-10-7-15/h13-17H,4-12H2,1-3H3/t14-,16+/m1/s1. The second kappa shape index (κ2) is 7.61. The van der Waals surface area contributed by atoms with Gasteiger partial charge in [-0.2, -0.15) is 0 Å². The molecule has 0 saturated carbocycles. The Hall–Kier alpha value is -0.120. The zero-order chi connectivity index (χ0) is 13.7. The van der Waals surface area contributed by atoms with Gasteiger partial charge in [0.25, 0.3) is 0 Å². The van der Waals surface area contributed by atoms with Crippen molar-refractivity contribution < 1.29 is 4.74 Å². The van der Waals surface area contributed by atoms with Crippen molar-refractivity contribution in [1.82, 2.24) is 10.2 Å². The van der Waals surface area contributed by atoms with Crippen LogP contribution in [-0.4, -0.2) is 49.8 Å². The summed E-state index contributed by atoms with van der Waals surface area (Å²) in [5.74, 6) is 1.60. The van der Waals surface area contributed by atoms with Gasteiger partial charge in [-0.15, -0.1) is 0 Å². The number of hydrogen-bond acceptors (Lipinski definition) is 3. The predicted molar refractivity (Wildman–Crippen MR) is 80.4 cm³/mol. The molecule has 2 rings (SSSR count). The minimum absolute atomic E-state index is 0.644. The first-order valence-electron chi connectivity index (χ1n) is 8.22. The number of nitrogens with zero attached hydrogens (tertiary/aromatic N) is 1. The Morgan fingerprint density at radius 3 is 2.58 bits per heavy atom. The molecule has 2 fully saturated rings. The van der Waals surface area contributed by atoms with Crippen LogP contribution in [0.2, 0.25) is 0 Å². The van der Waals surface area contributed by atoms with Gasteiger partial charge in [0.05, 0.1) is 0 Å². The molecule has 0 unspecified atom stereocenters. The van der Waals surface area contributed by atoms with E-state index in [2.05, 4.69) is 31.0 Å². The fourth-order valence-corrected chi connectivity index (χ4v) is 3.54. The summed E-state index contributed by atoms with van der Waals surface area (Å²) >= 11 is 0. The smallest absolute Gasteiger partial charge is 0.0469 e. The van der Waals surface area contributed by atoms with Gasteiger partial charge in [-0.3, -0.25) is 4.90 Å². The third kappa shape index (κ3) is 4.73. The van der Waals surface area contributed by atoms with Gasteiger partial charge in [0.2, 0.25) is 0 Å². The quantitative estimate of drug-likeness (QED) is 0.801. The van der Waals surface area contributed by atoms with Crippen LogP contribution in [0.3, 0.4) is 0 Å². The lowest BCUT2D eigenvalue weighted by molar-refractivity contribution is 0.0550. The summed E-state index contributed by atoms with van der Waals surface area (Å²) < 4.78 is 5.45. The van der Waals surface area contributed by atoms with Gasteiger partial charge in [0.15, 0.2) is 0 Å². The van der Waals surface area contributed by atoms with Gasteiger partial charge in [-0.05, 0) is 51.0 Å². The van der Waals surface area contributed by atoms with Crippen LogP contribution in [0.5, 0.6) is 0 Å². The van der Waals surface area contributed by atoms with Crippen LogP contribution < -0.4 is 5.32 Å². The lowest BCUT2D eigenvalue weighted by atomic mass is 9.93. The topological polar surface area (TPSA) is 24.5 Å². The van der Waals surface area contributed by atoms with E-state index >= 15 is 0 Å². The predicted octanol–water partition coefficient (Wildman–Crippen LogP) is 2.51. The van der Waals surface area contributed by atoms with Crippen molar-refractivity contribution >= 4 is 0 Å². The van der Waals surface area contributed by atoms with Crippen molar-refractivity contribution in [3.8, 4) is 0 Å². The molecule has 0 aliphatic carbocycles. The number of nitrogens with one attached hydrogen (secondary N) is 1. The third-order valence-corrected chi connectivity index (χ3v) is 4.75. The van der Waals surface area contributed by atoms with Crippen LogP contribution in [0.25, 0.3) is 0 Å². The highest BCUT2D eigenvalue weighted by molar-refractivity contribution is 4.84. The fourth-order valence-electron chi connectivity index (χ4n) is 3.54. The first-order valence-corrected chi connectivity index (χ1v) is 8.22. The molecule has 2 heterocycles. The average molecular weight is 268 g/mol. The van der Waals surface area contributed by atoms with Crippen molar-refractivity contribution in [2.45, 2.75) is 58.5 Å². The van der Waals surface area contributed by atoms with Crippen LogP contribution in [0.1, 0.15) is 46.5 Å². The highest BCUT2D eigenvalue weighted by atomic mass is 16.5. The molecule has 0 radical (unpaired) electrons. The minimum Gasteiger partial charge on any atom is -0.381 e. The number of ether oxygens (including phenoxy) is 1. The molecule has 112 valence electrons. The van der Waals surface area contributed by atoms with Crippen molar-refractivity contribution in [2.24, 2.45) is 11.8 Å². The zero-order valence-electron chi connectivity index (χ0n) is 13.0. The van der Waals surface area contributed by atoms with E-state index in [1.807, 2.05) is 0 Å². The molecule has 0 bridgehead atoms. The molecule has 2 saturated heterocycles. The van der Waals surface area contributed by atoms with Crippen LogP contribution in [0.15, 0.2) is 0 Å². The molecule has 19 heavy (non-hydrogen) atoms. The highest BCUT2D eigenvalue weighted by Gasteiger charge is 2.26. The molecule has 0 aromatic rings. The molecule has 0 aromatic heterocycles. The van der Waals surface area contributed by atoms with E-state index in [1.165, 1.54) is 45.3 Å². The second-order valence-electron chi connectivity index (χ2n) is 6.83. The van der Waals surface area contributed by atoms with E-state index in [-0.39, 0.29) is 0 Å². The van der Waals surface area contributed by atoms with Gasteiger partial charge in [0, 0.05) is 38.4 Å². The monoisotopic (exact) mass is 268 g/mol. The Kier molecular flexibility index (Phi) is 6.11. The average Bonchev–Trinajstić information content (AvgIpc) is 2.83. The summed E-state index contributed by atoms with van der Waals surface area (Å²) in [6.45, 7) is 12.7.